The Balaban J connectivity index is 1.58. The molecule has 10 heteroatoms. The Morgan fingerprint density at radius 1 is 1.25 bits per heavy atom. The van der Waals surface area contributed by atoms with Crippen molar-refractivity contribution in [2.24, 2.45) is 0 Å². The predicted octanol–water partition coefficient (Wildman–Crippen LogP) is -0.262. The van der Waals surface area contributed by atoms with Gasteiger partial charge in [-0.3, -0.25) is 10.00 Å². The third kappa shape index (κ3) is 3.71. The molecule has 3 heterocycles. The fourth-order valence-corrected chi connectivity index (χ4v) is 3.31. The van der Waals surface area contributed by atoms with Crippen LogP contribution in [0, 0.1) is 6.92 Å². The third-order valence-electron chi connectivity index (χ3n) is 4.00. The Morgan fingerprint density at radius 2 is 2.00 bits per heavy atom. The maximum absolute atomic E-state index is 11.7. The number of sulfonamides is 1. The summed E-state index contributed by atoms with van der Waals surface area (Å²) >= 11 is 0. The molecule has 0 atom stereocenters. The molecule has 3 rings (SSSR count). The number of H-pyrrole nitrogens is 1. The highest BCUT2D eigenvalue weighted by molar-refractivity contribution is 7.89. The molecule has 0 spiro atoms. The van der Waals surface area contributed by atoms with Gasteiger partial charge in [-0.25, -0.2) is 23.1 Å². The first-order valence-electron chi connectivity index (χ1n) is 7.73. The van der Waals surface area contributed by atoms with Crippen molar-refractivity contribution in [2.75, 3.05) is 38.1 Å². The fraction of sp³-hybridized carbons (Fsp3) is 0.500. The molecule has 24 heavy (non-hydrogen) atoms. The van der Waals surface area contributed by atoms with Crippen molar-refractivity contribution in [3.63, 3.8) is 0 Å². The number of nitrogens with zero attached hydrogens (tertiary/aromatic N) is 5. The molecule has 0 unspecified atom stereocenters. The van der Waals surface area contributed by atoms with Crippen LogP contribution in [0.25, 0.3) is 0 Å². The molecule has 1 aliphatic heterocycles. The Hall–Kier alpha value is -2.04. The van der Waals surface area contributed by atoms with Crippen molar-refractivity contribution < 1.29 is 8.42 Å². The van der Waals surface area contributed by atoms with Gasteiger partial charge < -0.3 is 4.90 Å². The highest BCUT2D eigenvalue weighted by atomic mass is 32.2. The number of aromatic nitrogens is 4. The van der Waals surface area contributed by atoms with Crippen LogP contribution in [-0.2, 0) is 16.6 Å². The van der Waals surface area contributed by atoms with Gasteiger partial charge in [-0.15, -0.1) is 0 Å². The molecule has 130 valence electrons. The standard InChI is InChI=1S/C14H21N7O2S/c1-11-17-13(19-18-11)10-20-5-7-21(8-6-20)14-4-3-12(9-16-14)24(22,23)15-2/h3-4,9,15H,5-8,10H2,1-2H3,(H,17,18,19). The Kier molecular flexibility index (Phi) is 4.78. The molecule has 2 aromatic heterocycles. The van der Waals surface area contributed by atoms with Crippen LogP contribution < -0.4 is 9.62 Å². The second kappa shape index (κ2) is 6.83. The maximum atomic E-state index is 11.7. The van der Waals surface area contributed by atoms with Crippen molar-refractivity contribution in [1.82, 2.24) is 29.8 Å². The lowest BCUT2D eigenvalue weighted by molar-refractivity contribution is 0.243. The average molecular weight is 351 g/mol. The van der Waals surface area contributed by atoms with Crippen molar-refractivity contribution in [2.45, 2.75) is 18.4 Å². The Bertz CT molecular complexity index is 780. The van der Waals surface area contributed by atoms with Gasteiger partial charge >= 0.3 is 0 Å². The molecule has 0 radical (unpaired) electrons. The van der Waals surface area contributed by atoms with E-state index in [1.165, 1.54) is 13.2 Å². The zero-order valence-electron chi connectivity index (χ0n) is 13.7. The average Bonchev–Trinajstić information content (AvgIpc) is 3.00. The lowest BCUT2D eigenvalue weighted by atomic mass is 10.3. The van der Waals surface area contributed by atoms with Crippen LogP contribution in [0.1, 0.15) is 11.6 Å². The van der Waals surface area contributed by atoms with E-state index in [1.54, 1.807) is 12.1 Å². The molecule has 2 aromatic rings. The number of pyridine rings is 1. The smallest absolute Gasteiger partial charge is 0.241 e. The van der Waals surface area contributed by atoms with Crippen molar-refractivity contribution >= 4 is 15.8 Å². The highest BCUT2D eigenvalue weighted by Gasteiger charge is 2.20. The van der Waals surface area contributed by atoms with Crippen LogP contribution in [0.2, 0.25) is 0 Å². The van der Waals surface area contributed by atoms with Crippen LogP contribution in [0.15, 0.2) is 23.2 Å². The monoisotopic (exact) mass is 351 g/mol. The van der Waals surface area contributed by atoms with Gasteiger partial charge in [-0.1, -0.05) is 0 Å². The fourth-order valence-electron chi connectivity index (χ4n) is 2.63. The minimum atomic E-state index is -3.44. The van der Waals surface area contributed by atoms with Crippen LogP contribution in [0.5, 0.6) is 0 Å². The summed E-state index contributed by atoms with van der Waals surface area (Å²) in [6, 6.07) is 3.33. The number of hydrogen-bond donors (Lipinski definition) is 2. The van der Waals surface area contributed by atoms with E-state index in [2.05, 4.69) is 34.7 Å². The molecule has 2 N–H and O–H groups in total. The summed E-state index contributed by atoms with van der Waals surface area (Å²) in [5.74, 6) is 2.42. The van der Waals surface area contributed by atoms with Gasteiger partial charge in [0.15, 0.2) is 5.82 Å². The first-order chi connectivity index (χ1) is 11.5. The lowest BCUT2D eigenvalue weighted by Gasteiger charge is -2.34. The topological polar surface area (TPSA) is 107 Å². The normalized spacial score (nSPS) is 16.5. The SMILES string of the molecule is CNS(=O)(=O)c1ccc(N2CCN(Cc3n[nH]c(C)n3)CC2)nc1. The van der Waals surface area contributed by atoms with E-state index < -0.39 is 10.0 Å². The van der Waals surface area contributed by atoms with Crippen molar-refractivity contribution in [3.8, 4) is 0 Å². The Labute approximate surface area is 141 Å². The number of piperazine rings is 1. The molecule has 1 fully saturated rings. The zero-order valence-corrected chi connectivity index (χ0v) is 14.5. The second-order valence-electron chi connectivity index (χ2n) is 5.66. The van der Waals surface area contributed by atoms with E-state index in [0.29, 0.717) is 0 Å². The summed E-state index contributed by atoms with van der Waals surface area (Å²) in [6.07, 6.45) is 1.39. The molecule has 0 aromatic carbocycles. The molecule has 1 saturated heterocycles. The third-order valence-corrected chi connectivity index (χ3v) is 5.40. The number of aromatic amines is 1. The predicted molar refractivity (Wildman–Crippen MR) is 89.1 cm³/mol. The van der Waals surface area contributed by atoms with Gasteiger partial charge in [0.2, 0.25) is 10.0 Å². The van der Waals surface area contributed by atoms with Crippen LogP contribution in [-0.4, -0.2) is 66.7 Å². The first-order valence-corrected chi connectivity index (χ1v) is 9.21. The molecule has 1 aliphatic rings. The number of anilines is 1. The zero-order chi connectivity index (χ0) is 17.2. The number of rotatable bonds is 5. The van der Waals surface area contributed by atoms with Crippen molar-refractivity contribution in [1.29, 1.82) is 0 Å². The van der Waals surface area contributed by atoms with Crippen LogP contribution in [0.4, 0.5) is 5.82 Å². The molecule has 0 bridgehead atoms. The Morgan fingerprint density at radius 3 is 2.54 bits per heavy atom. The lowest BCUT2D eigenvalue weighted by Crippen LogP contribution is -2.46. The summed E-state index contributed by atoms with van der Waals surface area (Å²) in [6.45, 7) is 6.03. The minimum absolute atomic E-state index is 0.173. The molecule has 0 amide bonds. The molecular formula is C14H21N7O2S. The van der Waals surface area contributed by atoms with E-state index >= 15 is 0 Å². The molecule has 0 saturated carbocycles. The van der Waals surface area contributed by atoms with E-state index in [0.717, 1.165) is 50.2 Å². The highest BCUT2D eigenvalue weighted by Crippen LogP contribution is 2.16. The van der Waals surface area contributed by atoms with E-state index in [-0.39, 0.29) is 4.90 Å². The van der Waals surface area contributed by atoms with E-state index in [1.807, 2.05) is 6.92 Å². The van der Waals surface area contributed by atoms with Gasteiger partial charge in [0.25, 0.3) is 0 Å². The minimum Gasteiger partial charge on any atom is -0.354 e. The summed E-state index contributed by atoms with van der Waals surface area (Å²) < 4.78 is 25.7. The maximum Gasteiger partial charge on any atom is 0.241 e. The largest absolute Gasteiger partial charge is 0.354 e. The van der Waals surface area contributed by atoms with E-state index in [9.17, 15) is 8.42 Å². The van der Waals surface area contributed by atoms with Gasteiger partial charge in [-0.05, 0) is 26.1 Å². The summed E-state index contributed by atoms with van der Waals surface area (Å²) in [7, 11) is -2.06. The van der Waals surface area contributed by atoms with Crippen LogP contribution in [0.3, 0.4) is 0 Å². The number of aryl methyl sites for hydroxylation is 1. The summed E-state index contributed by atoms with van der Waals surface area (Å²) in [5, 5.41) is 7.01. The quantitative estimate of drug-likeness (QED) is 0.764. The summed E-state index contributed by atoms with van der Waals surface area (Å²) in [5.41, 5.74) is 0. The molecule has 0 aliphatic carbocycles. The van der Waals surface area contributed by atoms with E-state index in [4.69, 9.17) is 0 Å². The van der Waals surface area contributed by atoms with Gasteiger partial charge in [0.1, 0.15) is 16.5 Å². The summed E-state index contributed by atoms with van der Waals surface area (Å²) in [4.78, 5) is 13.2. The van der Waals surface area contributed by atoms with Gasteiger partial charge in [-0.2, -0.15) is 5.10 Å². The first kappa shape index (κ1) is 16.8. The van der Waals surface area contributed by atoms with Crippen LogP contribution >= 0.6 is 0 Å². The number of hydrogen-bond acceptors (Lipinski definition) is 7. The van der Waals surface area contributed by atoms with Crippen molar-refractivity contribution in [3.05, 3.63) is 30.0 Å². The van der Waals surface area contributed by atoms with Gasteiger partial charge in [0, 0.05) is 32.4 Å². The second-order valence-corrected chi connectivity index (χ2v) is 7.55. The molecular weight excluding hydrogens is 330 g/mol. The number of nitrogens with one attached hydrogen (secondary N) is 2. The molecule has 9 nitrogen and oxygen atoms in total. The van der Waals surface area contributed by atoms with Gasteiger partial charge in [0.05, 0.1) is 6.54 Å².